The molecule has 1 atom stereocenters. The van der Waals surface area contributed by atoms with Crippen LogP contribution in [0.1, 0.15) is 6.42 Å². The molecule has 0 aromatic heterocycles. The number of hydrogen-bond acceptors (Lipinski definition) is 4. The number of anilines is 3. The lowest BCUT2D eigenvalue weighted by molar-refractivity contribution is -0.138. The van der Waals surface area contributed by atoms with Gasteiger partial charge in [-0.15, -0.1) is 0 Å². The van der Waals surface area contributed by atoms with Crippen molar-refractivity contribution in [3.8, 4) is 0 Å². The monoisotopic (exact) mass is 311 g/mol. The summed E-state index contributed by atoms with van der Waals surface area (Å²) in [5.41, 5.74) is 7.64. The van der Waals surface area contributed by atoms with Gasteiger partial charge in [-0.3, -0.25) is 4.90 Å². The van der Waals surface area contributed by atoms with Crippen molar-refractivity contribution < 1.29 is 14.3 Å². The van der Waals surface area contributed by atoms with E-state index in [0.29, 0.717) is 24.4 Å². The molecule has 0 radical (unpaired) electrons. The van der Waals surface area contributed by atoms with Gasteiger partial charge in [0.1, 0.15) is 6.04 Å². The predicted molar refractivity (Wildman–Crippen MR) is 87.6 cm³/mol. The SMILES string of the molecule is NC(=O)N(c1ccccc1Nc1ccccc1)[C@H]1CCOC1=O. The van der Waals surface area contributed by atoms with Crippen molar-refractivity contribution in [3.63, 3.8) is 0 Å². The summed E-state index contributed by atoms with van der Waals surface area (Å²) in [6, 6.07) is 15.4. The summed E-state index contributed by atoms with van der Waals surface area (Å²) >= 11 is 0. The lowest BCUT2D eigenvalue weighted by Crippen LogP contribution is -2.46. The fraction of sp³-hybridized carbons (Fsp3) is 0.176. The van der Waals surface area contributed by atoms with Crippen LogP contribution in [0.15, 0.2) is 54.6 Å². The van der Waals surface area contributed by atoms with Crippen molar-refractivity contribution in [1.82, 2.24) is 0 Å². The zero-order chi connectivity index (χ0) is 16.2. The largest absolute Gasteiger partial charge is 0.464 e. The van der Waals surface area contributed by atoms with Crippen molar-refractivity contribution >= 4 is 29.1 Å². The Labute approximate surface area is 133 Å². The highest BCUT2D eigenvalue weighted by Crippen LogP contribution is 2.32. The first-order valence-electron chi connectivity index (χ1n) is 7.33. The summed E-state index contributed by atoms with van der Waals surface area (Å²) in [5, 5.41) is 3.24. The molecule has 6 nitrogen and oxygen atoms in total. The van der Waals surface area contributed by atoms with E-state index in [-0.39, 0.29) is 0 Å². The number of primary amides is 1. The van der Waals surface area contributed by atoms with Crippen molar-refractivity contribution in [2.45, 2.75) is 12.5 Å². The third-order valence-corrected chi connectivity index (χ3v) is 3.67. The number of benzene rings is 2. The highest BCUT2D eigenvalue weighted by molar-refractivity contribution is 6.01. The summed E-state index contributed by atoms with van der Waals surface area (Å²) in [6.45, 7) is 0.293. The van der Waals surface area contributed by atoms with Crippen LogP contribution in [-0.4, -0.2) is 24.6 Å². The van der Waals surface area contributed by atoms with Gasteiger partial charge in [-0.2, -0.15) is 0 Å². The van der Waals surface area contributed by atoms with E-state index in [9.17, 15) is 9.59 Å². The van der Waals surface area contributed by atoms with Crippen LogP contribution in [0.2, 0.25) is 0 Å². The highest BCUT2D eigenvalue weighted by atomic mass is 16.5. The molecule has 1 saturated heterocycles. The quantitative estimate of drug-likeness (QED) is 0.850. The predicted octanol–water partition coefficient (Wildman–Crippen LogP) is 2.63. The Morgan fingerprint density at radius 3 is 2.48 bits per heavy atom. The number of amides is 2. The smallest absolute Gasteiger partial charge is 0.329 e. The molecule has 0 aliphatic carbocycles. The molecule has 3 rings (SSSR count). The average Bonchev–Trinajstić information content (AvgIpc) is 2.96. The first-order chi connectivity index (χ1) is 11.2. The third kappa shape index (κ3) is 3.11. The average molecular weight is 311 g/mol. The Hall–Kier alpha value is -3.02. The molecular weight excluding hydrogens is 294 g/mol. The molecule has 118 valence electrons. The number of ether oxygens (including phenoxy) is 1. The van der Waals surface area contributed by atoms with E-state index in [4.69, 9.17) is 10.5 Å². The zero-order valence-corrected chi connectivity index (χ0v) is 12.4. The van der Waals surface area contributed by atoms with Gasteiger partial charge in [0, 0.05) is 12.1 Å². The summed E-state index contributed by atoms with van der Waals surface area (Å²) < 4.78 is 4.97. The number of urea groups is 1. The molecule has 0 spiro atoms. The van der Waals surface area contributed by atoms with Crippen LogP contribution in [0.4, 0.5) is 21.9 Å². The topological polar surface area (TPSA) is 84.7 Å². The van der Waals surface area contributed by atoms with Crippen LogP contribution in [0.5, 0.6) is 0 Å². The number of esters is 1. The molecule has 0 unspecified atom stereocenters. The molecule has 1 aliphatic rings. The molecule has 1 aliphatic heterocycles. The van der Waals surface area contributed by atoms with Gasteiger partial charge < -0.3 is 15.8 Å². The van der Waals surface area contributed by atoms with Crippen molar-refractivity contribution in [3.05, 3.63) is 54.6 Å². The van der Waals surface area contributed by atoms with Crippen molar-refractivity contribution in [1.29, 1.82) is 0 Å². The van der Waals surface area contributed by atoms with Gasteiger partial charge in [0.2, 0.25) is 0 Å². The number of para-hydroxylation sites is 3. The Balaban J connectivity index is 1.97. The molecule has 23 heavy (non-hydrogen) atoms. The van der Waals surface area contributed by atoms with Crippen molar-refractivity contribution in [2.75, 3.05) is 16.8 Å². The van der Waals surface area contributed by atoms with Gasteiger partial charge in [-0.05, 0) is 24.3 Å². The molecule has 6 heteroatoms. The first kappa shape index (κ1) is 14.9. The van der Waals surface area contributed by atoms with E-state index in [1.165, 1.54) is 4.90 Å². The maximum Gasteiger partial charge on any atom is 0.329 e. The molecule has 0 bridgehead atoms. The Morgan fingerprint density at radius 1 is 1.13 bits per heavy atom. The van der Waals surface area contributed by atoms with Crippen molar-refractivity contribution in [2.24, 2.45) is 5.73 Å². The Morgan fingerprint density at radius 2 is 1.83 bits per heavy atom. The molecule has 2 aromatic rings. The third-order valence-electron chi connectivity index (χ3n) is 3.67. The lowest BCUT2D eigenvalue weighted by Gasteiger charge is -2.27. The number of rotatable bonds is 4. The standard InChI is InChI=1S/C17H17N3O3/c18-17(22)20(15-10-11-23-16(15)21)14-9-5-4-8-13(14)19-12-6-2-1-3-7-12/h1-9,15,19H,10-11H2,(H2,18,22)/t15-/m0/s1. The van der Waals surface area contributed by atoms with Gasteiger partial charge in [0.25, 0.3) is 0 Å². The number of nitrogens with zero attached hydrogens (tertiary/aromatic N) is 1. The zero-order valence-electron chi connectivity index (χ0n) is 12.4. The number of carbonyl (C=O) groups is 2. The van der Waals surface area contributed by atoms with Gasteiger partial charge in [0.15, 0.2) is 0 Å². The lowest BCUT2D eigenvalue weighted by atomic mass is 10.1. The fourth-order valence-corrected chi connectivity index (χ4v) is 2.63. The number of nitrogens with two attached hydrogens (primary N) is 1. The fourth-order valence-electron chi connectivity index (χ4n) is 2.63. The number of nitrogens with one attached hydrogen (secondary N) is 1. The van der Waals surface area contributed by atoms with Gasteiger partial charge in [0.05, 0.1) is 18.0 Å². The molecule has 1 heterocycles. The minimum Gasteiger partial charge on any atom is -0.464 e. The van der Waals surface area contributed by atoms with E-state index in [1.54, 1.807) is 12.1 Å². The van der Waals surface area contributed by atoms with E-state index in [0.717, 1.165) is 5.69 Å². The maximum atomic E-state index is 11.9. The number of cyclic esters (lactones) is 1. The minimum atomic E-state index is -0.689. The van der Waals surface area contributed by atoms with Gasteiger partial charge >= 0.3 is 12.0 Å². The Bertz CT molecular complexity index is 718. The summed E-state index contributed by atoms with van der Waals surface area (Å²) in [7, 11) is 0. The Kier molecular flexibility index (Phi) is 4.14. The van der Waals surface area contributed by atoms with Crippen LogP contribution >= 0.6 is 0 Å². The van der Waals surface area contributed by atoms with Crippen LogP contribution in [-0.2, 0) is 9.53 Å². The van der Waals surface area contributed by atoms with E-state index >= 15 is 0 Å². The second kappa shape index (κ2) is 6.39. The molecular formula is C17H17N3O3. The summed E-state index contributed by atoms with van der Waals surface area (Å²) in [5.74, 6) is -0.432. The molecule has 3 N–H and O–H groups in total. The van der Waals surface area contributed by atoms with Crippen LogP contribution in [0.3, 0.4) is 0 Å². The number of carbonyl (C=O) groups excluding carboxylic acids is 2. The van der Waals surface area contributed by atoms with Crippen LogP contribution in [0, 0.1) is 0 Å². The summed E-state index contributed by atoms with van der Waals surface area (Å²) in [4.78, 5) is 25.1. The van der Waals surface area contributed by atoms with E-state index in [1.807, 2.05) is 42.5 Å². The van der Waals surface area contributed by atoms with E-state index in [2.05, 4.69) is 5.32 Å². The highest BCUT2D eigenvalue weighted by Gasteiger charge is 2.36. The van der Waals surface area contributed by atoms with Gasteiger partial charge in [-0.1, -0.05) is 30.3 Å². The molecule has 2 amide bonds. The normalized spacial score (nSPS) is 16.7. The van der Waals surface area contributed by atoms with Crippen LogP contribution in [0.25, 0.3) is 0 Å². The molecule has 2 aromatic carbocycles. The summed E-state index contributed by atoms with van der Waals surface area (Å²) in [6.07, 6.45) is 0.432. The first-order valence-corrected chi connectivity index (χ1v) is 7.33. The second-order valence-electron chi connectivity index (χ2n) is 5.19. The second-order valence-corrected chi connectivity index (χ2v) is 5.19. The maximum absolute atomic E-state index is 11.9. The molecule has 0 saturated carbocycles. The van der Waals surface area contributed by atoms with E-state index < -0.39 is 18.0 Å². The molecule has 1 fully saturated rings. The minimum absolute atomic E-state index is 0.293. The van der Waals surface area contributed by atoms with Gasteiger partial charge in [-0.25, -0.2) is 9.59 Å². The number of hydrogen-bond donors (Lipinski definition) is 2. The van der Waals surface area contributed by atoms with Crippen LogP contribution < -0.4 is 16.0 Å².